The fourth-order valence-electron chi connectivity index (χ4n) is 9.38. The highest BCUT2D eigenvalue weighted by Crippen LogP contribution is 2.86. The molecule has 8 fully saturated rings. The second-order valence-corrected chi connectivity index (χ2v) is 17.2. The van der Waals surface area contributed by atoms with E-state index < -0.39 is 6.49 Å². The molecule has 0 aromatic carbocycles. The molecule has 8 aliphatic rings. The molecule has 0 unspecified atom stereocenters. The van der Waals surface area contributed by atoms with E-state index in [0.29, 0.717) is 23.7 Å². The minimum atomic E-state index is -2.87. The quantitative estimate of drug-likeness (QED) is 0.341. The minimum absolute atomic E-state index is 0.115. The maximum absolute atomic E-state index is 14.7. The lowest BCUT2D eigenvalue weighted by molar-refractivity contribution is 0.0301. The van der Waals surface area contributed by atoms with Crippen LogP contribution in [0.5, 0.6) is 0 Å². The summed E-state index contributed by atoms with van der Waals surface area (Å²) in [6, 6.07) is 0. The van der Waals surface area contributed by atoms with Crippen LogP contribution >= 0.6 is 40.9 Å². The van der Waals surface area contributed by atoms with Crippen molar-refractivity contribution in [2.24, 2.45) is 23.7 Å². The van der Waals surface area contributed by atoms with E-state index in [1.807, 2.05) is 0 Å². The zero-order valence-electron chi connectivity index (χ0n) is 14.8. The Morgan fingerprint density at radius 3 is 1.24 bits per heavy atom. The topological polar surface area (TPSA) is 17.1 Å². The van der Waals surface area contributed by atoms with E-state index in [2.05, 4.69) is 0 Å². The molecule has 0 spiro atoms. The Hall–Kier alpha value is 1.10. The van der Waals surface area contributed by atoms with Gasteiger partial charge in [-0.25, -0.2) is 0 Å². The smallest absolute Gasteiger partial charge is 0.181 e. The first-order valence-electron chi connectivity index (χ1n) is 10.3. The second kappa shape index (κ2) is 4.80. The maximum Gasteiger partial charge on any atom is 0.181 e. The molecule has 140 valence electrons. The van der Waals surface area contributed by atoms with Gasteiger partial charge in [0.15, 0.2) is 6.49 Å². The molecular formula is C20H28Cl3OP. The Bertz CT molecular complexity index is 608. The standard InChI is InChI=1S/C20H28Cl3OP/c21-17-3-13-1-14(4-17)8-19(7-13,11-17)25(23,24)20-9-15-2-16(10-20)6-18(22,5-15)12-20/h13-16H,1-12H2/t13-,14-,15-,16-,17?,18?,19?,20?,25?/m0/s1. The van der Waals surface area contributed by atoms with Gasteiger partial charge < -0.3 is 4.57 Å². The van der Waals surface area contributed by atoms with Gasteiger partial charge in [-0.1, -0.05) is 11.2 Å². The Balaban J connectivity index is 1.44. The number of rotatable bonds is 2. The van der Waals surface area contributed by atoms with Crippen LogP contribution in [0.25, 0.3) is 0 Å². The lowest BCUT2D eigenvalue weighted by Gasteiger charge is -2.67. The van der Waals surface area contributed by atoms with Gasteiger partial charge in [0.2, 0.25) is 0 Å². The first kappa shape index (κ1) is 17.0. The largest absolute Gasteiger partial charge is 0.305 e. The first-order valence-corrected chi connectivity index (χ1v) is 13.7. The molecule has 8 rings (SSSR count). The summed E-state index contributed by atoms with van der Waals surface area (Å²) in [7, 11) is 0. The van der Waals surface area contributed by atoms with Crippen LogP contribution in [-0.4, -0.2) is 20.1 Å². The predicted octanol–water partition coefficient (Wildman–Crippen LogP) is 7.16. The molecule has 0 N–H and O–H groups in total. The number of alkyl halides is 2. The average Bonchev–Trinajstić information content (AvgIpc) is 2.41. The number of halogens is 3. The van der Waals surface area contributed by atoms with Gasteiger partial charge in [0.05, 0.1) is 0 Å². The molecule has 8 bridgehead atoms. The van der Waals surface area contributed by atoms with Crippen LogP contribution in [0.3, 0.4) is 0 Å². The summed E-state index contributed by atoms with van der Waals surface area (Å²) < 4.78 is 14.7. The van der Waals surface area contributed by atoms with E-state index in [0.717, 1.165) is 64.2 Å². The van der Waals surface area contributed by atoms with Crippen molar-refractivity contribution in [2.75, 3.05) is 0 Å². The van der Waals surface area contributed by atoms with E-state index in [-0.39, 0.29) is 20.1 Å². The van der Waals surface area contributed by atoms with Crippen molar-refractivity contribution in [3.8, 4) is 0 Å². The van der Waals surface area contributed by atoms with Crippen LogP contribution in [0.1, 0.15) is 77.0 Å². The highest BCUT2D eigenvalue weighted by molar-refractivity contribution is 7.91. The zero-order valence-corrected chi connectivity index (χ0v) is 17.9. The monoisotopic (exact) mass is 420 g/mol. The summed E-state index contributed by atoms with van der Waals surface area (Å²) in [6.07, 6.45) is 13.2. The fourth-order valence-corrected chi connectivity index (χ4v) is 16.1. The van der Waals surface area contributed by atoms with E-state index in [4.69, 9.17) is 34.4 Å². The van der Waals surface area contributed by atoms with E-state index in [1.165, 1.54) is 12.8 Å². The molecule has 0 amide bonds. The highest BCUT2D eigenvalue weighted by Gasteiger charge is 2.71. The Labute approximate surface area is 166 Å². The minimum Gasteiger partial charge on any atom is -0.305 e. The Kier molecular flexibility index (Phi) is 3.27. The molecule has 0 heterocycles. The van der Waals surface area contributed by atoms with Crippen molar-refractivity contribution < 1.29 is 4.57 Å². The van der Waals surface area contributed by atoms with Gasteiger partial charge in [-0.15, -0.1) is 23.2 Å². The van der Waals surface area contributed by atoms with Crippen molar-refractivity contribution in [3.63, 3.8) is 0 Å². The van der Waals surface area contributed by atoms with Gasteiger partial charge in [-0.05, 0) is 101 Å². The maximum atomic E-state index is 14.7. The summed E-state index contributed by atoms with van der Waals surface area (Å²) in [4.78, 5) is -0.231. The summed E-state index contributed by atoms with van der Waals surface area (Å²) in [5.74, 6) is 2.63. The molecule has 0 aliphatic heterocycles. The van der Waals surface area contributed by atoms with Gasteiger partial charge in [0, 0.05) is 20.1 Å². The van der Waals surface area contributed by atoms with Crippen molar-refractivity contribution in [1.29, 1.82) is 0 Å². The third-order valence-electron chi connectivity index (χ3n) is 9.14. The zero-order chi connectivity index (χ0) is 17.3. The van der Waals surface area contributed by atoms with Gasteiger partial charge >= 0.3 is 0 Å². The molecule has 8 saturated carbocycles. The van der Waals surface area contributed by atoms with Crippen molar-refractivity contribution in [2.45, 2.75) is 97.1 Å². The second-order valence-electron chi connectivity index (χ2n) is 11.2. The molecule has 1 nitrogen and oxygen atoms in total. The fraction of sp³-hybridized carbons (Fsp3) is 1.00. The van der Waals surface area contributed by atoms with Crippen LogP contribution in [-0.2, 0) is 4.57 Å². The van der Waals surface area contributed by atoms with Gasteiger partial charge in [-0.3, -0.25) is 0 Å². The first-order chi connectivity index (χ1) is 11.6. The molecule has 8 aliphatic carbocycles. The third kappa shape index (κ3) is 2.14. The number of hydrogen-bond donors (Lipinski definition) is 0. The highest BCUT2D eigenvalue weighted by atomic mass is 35.7. The van der Waals surface area contributed by atoms with Crippen LogP contribution in [0.4, 0.5) is 0 Å². The van der Waals surface area contributed by atoms with Crippen LogP contribution < -0.4 is 0 Å². The van der Waals surface area contributed by atoms with Gasteiger partial charge in [0.1, 0.15) is 0 Å². The molecule has 0 aromatic heterocycles. The van der Waals surface area contributed by atoms with Gasteiger partial charge in [-0.2, -0.15) is 0 Å². The summed E-state index contributed by atoms with van der Waals surface area (Å²) in [5.41, 5.74) is 0. The van der Waals surface area contributed by atoms with E-state index in [1.54, 1.807) is 0 Å². The van der Waals surface area contributed by atoms with Crippen molar-refractivity contribution >= 4 is 40.9 Å². The number of hydrogen-bond acceptors (Lipinski definition) is 1. The lowest BCUT2D eigenvalue weighted by Crippen LogP contribution is -2.62. The normalized spacial score (nSPS) is 63.8. The van der Waals surface area contributed by atoms with Crippen LogP contribution in [0.2, 0.25) is 0 Å². The summed E-state index contributed by atoms with van der Waals surface area (Å²) in [5, 5.41) is -0.362. The molecular weight excluding hydrogens is 394 g/mol. The van der Waals surface area contributed by atoms with Crippen LogP contribution in [0.15, 0.2) is 0 Å². The Morgan fingerprint density at radius 2 is 0.960 bits per heavy atom. The summed E-state index contributed by atoms with van der Waals surface area (Å²) in [6.45, 7) is -2.87. The van der Waals surface area contributed by atoms with E-state index in [9.17, 15) is 4.57 Å². The van der Waals surface area contributed by atoms with Gasteiger partial charge in [0.25, 0.3) is 0 Å². The van der Waals surface area contributed by atoms with Crippen molar-refractivity contribution in [3.05, 3.63) is 0 Å². The lowest BCUT2D eigenvalue weighted by atomic mass is 9.55. The van der Waals surface area contributed by atoms with E-state index >= 15 is 0 Å². The molecule has 25 heavy (non-hydrogen) atoms. The predicted molar refractivity (Wildman–Crippen MR) is 105 cm³/mol. The summed E-state index contributed by atoms with van der Waals surface area (Å²) >= 11 is 21.5. The molecule has 0 aromatic rings. The SMILES string of the molecule is O=P(Cl)(C12C[C@H]3C[C@@H](CC(Cl)(C3)C1)C2)C12C[C@H]3C[C@@H](CC(Cl)(C3)C1)C2. The molecule has 0 radical (unpaired) electrons. The third-order valence-corrected chi connectivity index (χ3v) is 15.7. The van der Waals surface area contributed by atoms with Crippen LogP contribution in [0, 0.1) is 23.7 Å². The molecule has 5 heteroatoms. The van der Waals surface area contributed by atoms with Crippen molar-refractivity contribution in [1.82, 2.24) is 0 Å². The Morgan fingerprint density at radius 1 is 0.640 bits per heavy atom. The average molecular weight is 422 g/mol. The molecule has 4 atom stereocenters. The molecule has 0 saturated heterocycles.